The molecule has 4 fully saturated rings. The van der Waals surface area contributed by atoms with Crippen LogP contribution >= 0.6 is 7.82 Å². The Labute approximate surface area is 284 Å². The number of rotatable bonds is 7. The Balaban J connectivity index is 1.10. The third kappa shape index (κ3) is 5.12. The number of carbonyl (C=O) groups excluding carboxylic acids is 2. The molecule has 9 atom stereocenters. The van der Waals surface area contributed by atoms with E-state index in [9.17, 15) is 29.0 Å². The van der Waals surface area contributed by atoms with E-state index in [4.69, 9.17) is 24.5 Å². The number of phosphoric ester groups is 1. The minimum Gasteiger partial charge on any atom is -0.493 e. The number of fused-ring (bicyclic) bond motifs is 8. The van der Waals surface area contributed by atoms with Crippen LogP contribution in [0.25, 0.3) is 0 Å². The molecule has 260 valence electrons. The number of nitrogens with two attached hydrogens (primary N) is 1. The maximum absolute atomic E-state index is 14.3. The summed E-state index contributed by atoms with van der Waals surface area (Å²) >= 11 is 0. The lowest BCUT2D eigenvalue weighted by Crippen LogP contribution is -2.63. The summed E-state index contributed by atoms with van der Waals surface area (Å²) in [5.74, 6) is -0.103. The molecule has 0 radical (unpaired) electrons. The minimum atomic E-state index is -4.96. The van der Waals surface area contributed by atoms with Crippen molar-refractivity contribution in [1.82, 2.24) is 0 Å². The molecule has 0 spiro atoms. The lowest BCUT2D eigenvalue weighted by Gasteiger charge is -2.59. The molecule has 0 aromatic heterocycles. The molecule has 0 amide bonds. The van der Waals surface area contributed by atoms with Gasteiger partial charge in [-0.1, -0.05) is 49.8 Å². The van der Waals surface area contributed by atoms with Gasteiger partial charge in [0.2, 0.25) is 0 Å². The molecule has 4 aliphatic carbocycles. The van der Waals surface area contributed by atoms with Gasteiger partial charge >= 0.3 is 7.82 Å². The van der Waals surface area contributed by atoms with E-state index in [1.165, 1.54) is 5.56 Å². The highest BCUT2D eigenvalue weighted by molar-refractivity contribution is 7.46. The number of anilines is 1. The first-order valence-corrected chi connectivity index (χ1v) is 18.6. The molecule has 1 saturated heterocycles. The number of Topliss-reactive ketones (excluding diaryl/α,β-unsaturated/α-hetero) is 1. The number of phosphoric acid groups is 1. The van der Waals surface area contributed by atoms with Gasteiger partial charge in [-0.05, 0) is 73.3 Å². The molecule has 8 rings (SSSR count). The monoisotopic (exact) mass is 691 g/mol. The summed E-state index contributed by atoms with van der Waals surface area (Å²) in [6.07, 6.45) is 6.34. The van der Waals surface area contributed by atoms with E-state index in [0.29, 0.717) is 37.1 Å². The van der Waals surface area contributed by atoms with Crippen molar-refractivity contribution < 1.29 is 47.8 Å². The third-order valence-corrected chi connectivity index (χ3v) is 13.1. The molecule has 2 heterocycles. The van der Waals surface area contributed by atoms with E-state index in [-0.39, 0.29) is 30.0 Å². The zero-order chi connectivity index (χ0) is 34.5. The third-order valence-electron chi connectivity index (χ3n) is 12.6. The highest BCUT2D eigenvalue weighted by atomic mass is 31.2. The molecule has 5 N–H and O–H groups in total. The molecule has 11 nitrogen and oxygen atoms in total. The molecule has 2 aromatic carbocycles. The average molecular weight is 692 g/mol. The number of hydrogen-bond donors (Lipinski definition) is 4. The van der Waals surface area contributed by atoms with Crippen molar-refractivity contribution in [3.8, 4) is 5.75 Å². The molecular weight excluding hydrogens is 649 g/mol. The number of benzene rings is 2. The number of aliphatic hydroxyl groups excluding tert-OH is 1. The fourth-order valence-electron chi connectivity index (χ4n) is 10.5. The number of allylic oxidation sites excluding steroid dienone is 4. The average Bonchev–Trinajstić information content (AvgIpc) is 3.73. The highest BCUT2D eigenvalue weighted by Gasteiger charge is 2.76. The lowest BCUT2D eigenvalue weighted by atomic mass is 9.46. The van der Waals surface area contributed by atoms with Gasteiger partial charge in [-0.25, -0.2) is 4.57 Å². The summed E-state index contributed by atoms with van der Waals surface area (Å²) < 4.78 is 35.6. The standard InChI is InChI=1S/C37H42NO10P/c1-35-11-9-25(39)15-23(35)7-8-27-28-17-32-37(31(41)19-46-49(42,43)44,36(28,2)18-29(40)33(27)35)48-34(47-32)21-5-3-20(4-6-21)13-22-14-24(38)16-30-26(22)10-12-45-30/h3-6,9,11,14-16,27-29,32-34,40H,7-8,10,12-13,17-19,38H2,1-2H3,(H2,42,43,44)/t27-,28-,29-,32+,33+,34+,35-,36-,37+/m0/s1. The Morgan fingerprint density at radius 2 is 1.92 bits per heavy atom. The molecule has 3 saturated carbocycles. The maximum atomic E-state index is 14.3. The number of carbonyl (C=O) groups is 2. The van der Waals surface area contributed by atoms with E-state index in [1.54, 1.807) is 12.2 Å². The van der Waals surface area contributed by atoms with Crippen molar-refractivity contribution in [2.24, 2.45) is 28.6 Å². The van der Waals surface area contributed by atoms with Crippen LogP contribution in [0.1, 0.15) is 68.1 Å². The first kappa shape index (κ1) is 33.0. The van der Waals surface area contributed by atoms with E-state index in [1.807, 2.05) is 49.4 Å². The molecular formula is C37H42NO10P. The molecule has 6 aliphatic rings. The Morgan fingerprint density at radius 1 is 1.14 bits per heavy atom. The second kappa shape index (κ2) is 11.4. The number of ketones is 2. The van der Waals surface area contributed by atoms with Crippen LogP contribution in [0.15, 0.2) is 60.2 Å². The molecule has 0 unspecified atom stereocenters. The van der Waals surface area contributed by atoms with Crippen LogP contribution in [0.4, 0.5) is 5.69 Å². The molecule has 49 heavy (non-hydrogen) atoms. The quantitative estimate of drug-likeness (QED) is 0.238. The number of nitrogen functional groups attached to an aromatic ring is 1. The van der Waals surface area contributed by atoms with Gasteiger partial charge in [-0.2, -0.15) is 0 Å². The molecule has 12 heteroatoms. The topological polar surface area (TPSA) is 175 Å². The highest BCUT2D eigenvalue weighted by Crippen LogP contribution is 2.70. The van der Waals surface area contributed by atoms with Crippen molar-refractivity contribution in [2.75, 3.05) is 18.9 Å². The summed E-state index contributed by atoms with van der Waals surface area (Å²) in [7, 11) is -4.96. The van der Waals surface area contributed by atoms with Crippen LogP contribution in [0.5, 0.6) is 5.75 Å². The Hall–Kier alpha value is -3.15. The van der Waals surface area contributed by atoms with Crippen LogP contribution in [0.2, 0.25) is 0 Å². The number of hydrogen-bond acceptors (Lipinski definition) is 9. The van der Waals surface area contributed by atoms with Crippen molar-refractivity contribution in [3.05, 3.63) is 82.5 Å². The van der Waals surface area contributed by atoms with Gasteiger partial charge < -0.3 is 34.8 Å². The van der Waals surface area contributed by atoms with Gasteiger partial charge in [0.1, 0.15) is 12.4 Å². The Kier molecular flexibility index (Phi) is 7.70. The first-order valence-electron chi connectivity index (χ1n) is 17.0. The number of ether oxygens (including phenoxy) is 3. The zero-order valence-corrected chi connectivity index (χ0v) is 28.4. The van der Waals surface area contributed by atoms with Crippen LogP contribution in [-0.4, -0.2) is 57.5 Å². The Bertz CT molecular complexity index is 1830. The smallest absolute Gasteiger partial charge is 0.470 e. The fourth-order valence-corrected chi connectivity index (χ4v) is 10.8. The van der Waals surface area contributed by atoms with Crippen LogP contribution < -0.4 is 10.5 Å². The second-order valence-electron chi connectivity index (χ2n) is 15.1. The van der Waals surface area contributed by atoms with E-state index in [2.05, 4.69) is 6.92 Å². The van der Waals surface area contributed by atoms with Crippen molar-refractivity contribution in [3.63, 3.8) is 0 Å². The zero-order valence-electron chi connectivity index (χ0n) is 27.5. The van der Waals surface area contributed by atoms with E-state index < -0.39 is 55.1 Å². The molecule has 0 bridgehead atoms. The normalized spacial score (nSPS) is 37.4. The van der Waals surface area contributed by atoms with E-state index in [0.717, 1.165) is 35.3 Å². The predicted molar refractivity (Wildman–Crippen MR) is 177 cm³/mol. The van der Waals surface area contributed by atoms with Crippen LogP contribution in [-0.2, 0) is 41.0 Å². The first-order chi connectivity index (χ1) is 23.2. The predicted octanol–water partition coefficient (Wildman–Crippen LogP) is 4.51. The summed E-state index contributed by atoms with van der Waals surface area (Å²) in [5.41, 5.74) is 8.80. The number of aliphatic hydroxyl groups is 1. The lowest BCUT2D eigenvalue weighted by molar-refractivity contribution is -0.200. The van der Waals surface area contributed by atoms with Crippen molar-refractivity contribution in [1.29, 1.82) is 0 Å². The SMILES string of the molecule is C[C@]12C=CC(=O)C=C1CC[C@@H]1[C@@H]2[C@@H](O)C[C@@]2(C)[C@H]1C[C@H]1O[C@@H](c3ccc(Cc4cc(N)cc5c4CCO5)cc3)O[C@]12C(=O)COP(=O)(O)O. The summed E-state index contributed by atoms with van der Waals surface area (Å²) in [6, 6.07) is 11.6. The van der Waals surface area contributed by atoms with Gasteiger partial charge in [0.25, 0.3) is 0 Å². The van der Waals surface area contributed by atoms with Crippen molar-refractivity contribution >= 4 is 25.1 Å². The van der Waals surface area contributed by atoms with Gasteiger partial charge in [0, 0.05) is 46.0 Å². The summed E-state index contributed by atoms with van der Waals surface area (Å²) in [6.45, 7) is 3.81. The summed E-state index contributed by atoms with van der Waals surface area (Å²) in [4.78, 5) is 45.5. The fraction of sp³-hybridized carbons (Fsp3) is 0.514. The van der Waals surface area contributed by atoms with Gasteiger partial charge in [-0.3, -0.25) is 14.1 Å². The summed E-state index contributed by atoms with van der Waals surface area (Å²) in [5, 5.41) is 11.9. The second-order valence-corrected chi connectivity index (χ2v) is 16.4. The molecule has 2 aliphatic heterocycles. The minimum absolute atomic E-state index is 0.00414. The Morgan fingerprint density at radius 3 is 2.67 bits per heavy atom. The van der Waals surface area contributed by atoms with Crippen LogP contribution in [0.3, 0.4) is 0 Å². The largest absolute Gasteiger partial charge is 0.493 e. The van der Waals surface area contributed by atoms with E-state index >= 15 is 0 Å². The van der Waals surface area contributed by atoms with Crippen LogP contribution in [0, 0.1) is 28.6 Å². The van der Waals surface area contributed by atoms with Gasteiger partial charge in [0.15, 0.2) is 23.5 Å². The van der Waals surface area contributed by atoms with Crippen molar-refractivity contribution in [2.45, 2.75) is 76.5 Å². The van der Waals surface area contributed by atoms with Gasteiger partial charge in [-0.15, -0.1) is 0 Å². The molecule has 2 aromatic rings. The van der Waals surface area contributed by atoms with Gasteiger partial charge in [0.05, 0.1) is 18.8 Å². The maximum Gasteiger partial charge on any atom is 0.470 e.